The van der Waals surface area contributed by atoms with Crippen molar-refractivity contribution in [3.05, 3.63) is 65.5 Å². The molecule has 5 heteroatoms. The summed E-state index contributed by atoms with van der Waals surface area (Å²) in [5.41, 5.74) is 1.59. The Hall–Kier alpha value is -2.42. The number of nitrogens with one attached hydrogen (secondary N) is 1. The van der Waals surface area contributed by atoms with Crippen molar-refractivity contribution in [2.45, 2.75) is 12.6 Å². The first-order valence-electron chi connectivity index (χ1n) is 6.93. The van der Waals surface area contributed by atoms with E-state index in [2.05, 4.69) is 11.4 Å². The third kappa shape index (κ3) is 5.17. The van der Waals surface area contributed by atoms with Crippen LogP contribution in [0.5, 0.6) is 5.75 Å². The van der Waals surface area contributed by atoms with E-state index in [-0.39, 0.29) is 12.4 Å². The Bertz CT molecular complexity index is 638. The number of benzene rings is 2. The van der Waals surface area contributed by atoms with Crippen LogP contribution in [0.15, 0.2) is 48.5 Å². The van der Waals surface area contributed by atoms with E-state index in [9.17, 15) is 9.50 Å². The Morgan fingerprint density at radius 3 is 2.73 bits per heavy atom. The van der Waals surface area contributed by atoms with Gasteiger partial charge in [0.1, 0.15) is 24.3 Å². The molecule has 0 aliphatic carbocycles. The van der Waals surface area contributed by atoms with E-state index < -0.39 is 6.10 Å². The van der Waals surface area contributed by atoms with Crippen molar-refractivity contribution in [2.75, 3.05) is 13.2 Å². The van der Waals surface area contributed by atoms with E-state index in [4.69, 9.17) is 10.00 Å². The second-order valence-corrected chi connectivity index (χ2v) is 4.86. The number of ether oxygens (including phenoxy) is 1. The normalized spacial score (nSPS) is 11.7. The minimum atomic E-state index is -0.677. The van der Waals surface area contributed by atoms with Crippen LogP contribution in [0.4, 0.5) is 4.39 Å². The molecule has 0 heterocycles. The topological polar surface area (TPSA) is 65.3 Å². The number of nitrogens with zero attached hydrogens (tertiary/aromatic N) is 1. The highest BCUT2D eigenvalue weighted by Crippen LogP contribution is 2.11. The molecule has 0 radical (unpaired) electrons. The lowest BCUT2D eigenvalue weighted by molar-refractivity contribution is 0.106. The fourth-order valence-corrected chi connectivity index (χ4v) is 1.92. The Morgan fingerprint density at radius 1 is 1.23 bits per heavy atom. The first kappa shape index (κ1) is 16.0. The van der Waals surface area contributed by atoms with Crippen molar-refractivity contribution in [2.24, 2.45) is 0 Å². The summed E-state index contributed by atoms with van der Waals surface area (Å²) < 4.78 is 18.1. The van der Waals surface area contributed by atoms with Crippen LogP contribution >= 0.6 is 0 Å². The molecule has 0 saturated heterocycles. The standard InChI is InChI=1S/C17H17FN2O2/c18-15-4-6-17(7-5-15)22-12-16(21)11-20-10-14-3-1-2-13(8-14)9-19/h1-8,16,20-21H,10-12H2/t16-/m0/s1. The van der Waals surface area contributed by atoms with Crippen LogP contribution in [0.2, 0.25) is 0 Å². The number of aliphatic hydroxyl groups excluding tert-OH is 1. The largest absolute Gasteiger partial charge is 0.491 e. The maximum Gasteiger partial charge on any atom is 0.123 e. The third-order valence-electron chi connectivity index (χ3n) is 3.02. The molecule has 0 saturated carbocycles. The first-order chi connectivity index (χ1) is 10.7. The zero-order valence-corrected chi connectivity index (χ0v) is 12.0. The van der Waals surface area contributed by atoms with Gasteiger partial charge >= 0.3 is 0 Å². The number of halogens is 1. The SMILES string of the molecule is N#Cc1cccc(CNC[C@H](O)COc2ccc(F)cc2)c1. The van der Waals surface area contributed by atoms with Crippen LogP contribution in [0.25, 0.3) is 0 Å². The van der Waals surface area contributed by atoms with Gasteiger partial charge in [-0.15, -0.1) is 0 Å². The molecule has 0 fully saturated rings. The van der Waals surface area contributed by atoms with Crippen molar-refractivity contribution in [3.8, 4) is 11.8 Å². The van der Waals surface area contributed by atoms with Gasteiger partial charge in [-0.2, -0.15) is 5.26 Å². The summed E-state index contributed by atoms with van der Waals surface area (Å²) in [5, 5.41) is 21.7. The van der Waals surface area contributed by atoms with Gasteiger partial charge in [-0.1, -0.05) is 12.1 Å². The Kier molecular flexibility index (Phi) is 5.90. The summed E-state index contributed by atoms with van der Waals surface area (Å²) in [4.78, 5) is 0. The predicted octanol–water partition coefficient (Wildman–Crippen LogP) is 2.23. The highest BCUT2D eigenvalue weighted by Gasteiger charge is 2.05. The molecule has 0 spiro atoms. The summed E-state index contributed by atoms with van der Waals surface area (Å²) in [6.45, 7) is 1.04. The molecule has 0 amide bonds. The van der Waals surface area contributed by atoms with Gasteiger partial charge in [-0.05, 0) is 42.0 Å². The number of rotatable bonds is 7. The van der Waals surface area contributed by atoms with Crippen molar-refractivity contribution in [1.82, 2.24) is 5.32 Å². The first-order valence-corrected chi connectivity index (χ1v) is 6.93. The van der Waals surface area contributed by atoms with Crippen molar-refractivity contribution >= 4 is 0 Å². The summed E-state index contributed by atoms with van der Waals surface area (Å²) >= 11 is 0. The van der Waals surface area contributed by atoms with Crippen LogP contribution in [0.3, 0.4) is 0 Å². The highest BCUT2D eigenvalue weighted by atomic mass is 19.1. The smallest absolute Gasteiger partial charge is 0.123 e. The molecule has 0 aromatic heterocycles. The Morgan fingerprint density at radius 2 is 2.00 bits per heavy atom. The number of hydrogen-bond acceptors (Lipinski definition) is 4. The average molecular weight is 300 g/mol. The highest BCUT2D eigenvalue weighted by molar-refractivity contribution is 5.32. The number of nitriles is 1. The van der Waals surface area contributed by atoms with Crippen LogP contribution in [0, 0.1) is 17.1 Å². The van der Waals surface area contributed by atoms with Crippen molar-refractivity contribution in [3.63, 3.8) is 0 Å². The quantitative estimate of drug-likeness (QED) is 0.823. The lowest BCUT2D eigenvalue weighted by Gasteiger charge is -2.13. The second-order valence-electron chi connectivity index (χ2n) is 4.86. The van der Waals surface area contributed by atoms with Crippen LogP contribution < -0.4 is 10.1 Å². The van der Waals surface area contributed by atoms with E-state index >= 15 is 0 Å². The molecular weight excluding hydrogens is 283 g/mol. The van der Waals surface area contributed by atoms with Gasteiger partial charge in [0, 0.05) is 13.1 Å². The van der Waals surface area contributed by atoms with Crippen molar-refractivity contribution < 1.29 is 14.2 Å². The number of aliphatic hydroxyl groups is 1. The molecule has 1 atom stereocenters. The van der Waals surface area contributed by atoms with E-state index in [1.54, 1.807) is 12.1 Å². The van der Waals surface area contributed by atoms with E-state index in [1.165, 1.54) is 24.3 Å². The van der Waals surface area contributed by atoms with Crippen LogP contribution in [-0.4, -0.2) is 24.4 Å². The molecular formula is C17H17FN2O2. The predicted molar refractivity (Wildman–Crippen MR) is 80.8 cm³/mol. The van der Waals surface area contributed by atoms with Gasteiger partial charge in [-0.25, -0.2) is 4.39 Å². The molecule has 2 rings (SSSR count). The molecule has 2 aromatic rings. The zero-order chi connectivity index (χ0) is 15.8. The summed E-state index contributed by atoms with van der Waals surface area (Å²) in [6.07, 6.45) is -0.677. The zero-order valence-electron chi connectivity index (χ0n) is 12.0. The summed E-state index contributed by atoms with van der Waals surface area (Å²) in [6, 6.07) is 15.0. The molecule has 22 heavy (non-hydrogen) atoms. The molecule has 0 aliphatic heterocycles. The lowest BCUT2D eigenvalue weighted by atomic mass is 10.1. The van der Waals surface area contributed by atoms with Gasteiger partial charge in [0.25, 0.3) is 0 Å². The molecule has 0 unspecified atom stereocenters. The molecule has 0 bridgehead atoms. The van der Waals surface area contributed by atoms with E-state index in [0.29, 0.717) is 24.4 Å². The van der Waals surface area contributed by atoms with Crippen LogP contribution in [0.1, 0.15) is 11.1 Å². The monoisotopic (exact) mass is 300 g/mol. The molecule has 2 N–H and O–H groups in total. The second kappa shape index (κ2) is 8.13. The minimum absolute atomic E-state index is 0.122. The Balaban J connectivity index is 1.70. The summed E-state index contributed by atoms with van der Waals surface area (Å²) in [7, 11) is 0. The maximum absolute atomic E-state index is 12.7. The molecule has 0 aliphatic rings. The van der Waals surface area contributed by atoms with Gasteiger partial charge in [-0.3, -0.25) is 0 Å². The van der Waals surface area contributed by atoms with E-state index in [1.807, 2.05) is 12.1 Å². The summed E-state index contributed by atoms with van der Waals surface area (Å²) in [5.74, 6) is 0.191. The van der Waals surface area contributed by atoms with Gasteiger partial charge in [0.2, 0.25) is 0 Å². The third-order valence-corrected chi connectivity index (χ3v) is 3.02. The maximum atomic E-state index is 12.7. The minimum Gasteiger partial charge on any atom is -0.491 e. The van der Waals surface area contributed by atoms with Gasteiger partial charge in [0.05, 0.1) is 11.6 Å². The van der Waals surface area contributed by atoms with Crippen molar-refractivity contribution in [1.29, 1.82) is 5.26 Å². The number of hydrogen-bond donors (Lipinski definition) is 2. The van der Waals surface area contributed by atoms with E-state index in [0.717, 1.165) is 5.56 Å². The fourth-order valence-electron chi connectivity index (χ4n) is 1.92. The molecule has 114 valence electrons. The average Bonchev–Trinajstić information content (AvgIpc) is 2.54. The molecule has 2 aromatic carbocycles. The fraction of sp³-hybridized carbons (Fsp3) is 0.235. The molecule has 4 nitrogen and oxygen atoms in total. The van der Waals surface area contributed by atoms with Gasteiger partial charge < -0.3 is 15.2 Å². The van der Waals surface area contributed by atoms with Crippen LogP contribution in [-0.2, 0) is 6.54 Å². The Labute approximate surface area is 128 Å². The lowest BCUT2D eigenvalue weighted by Crippen LogP contribution is -2.31. The van der Waals surface area contributed by atoms with Gasteiger partial charge in [0.15, 0.2) is 0 Å².